The van der Waals surface area contributed by atoms with Gasteiger partial charge in [-0.05, 0) is 47.4 Å². The van der Waals surface area contributed by atoms with Gasteiger partial charge >= 0.3 is 0 Å². The molecule has 0 radical (unpaired) electrons. The SMILES string of the molecule is Cc1ccccc1C1=CC=CC2C1c1ccccc1N2c1ccccc1. The Kier molecular flexibility index (Phi) is 3.53. The minimum atomic E-state index is 0.314. The molecule has 26 heavy (non-hydrogen) atoms. The van der Waals surface area contributed by atoms with Crippen LogP contribution in [-0.4, -0.2) is 6.04 Å². The lowest BCUT2D eigenvalue weighted by Gasteiger charge is -2.31. The van der Waals surface area contributed by atoms with E-state index < -0.39 is 0 Å². The van der Waals surface area contributed by atoms with Gasteiger partial charge in [0.05, 0.1) is 6.04 Å². The second kappa shape index (κ2) is 6.03. The highest BCUT2D eigenvalue weighted by atomic mass is 15.2. The Balaban J connectivity index is 1.70. The van der Waals surface area contributed by atoms with Gasteiger partial charge in [-0.3, -0.25) is 0 Å². The number of allylic oxidation sites excluding steroid dienone is 2. The van der Waals surface area contributed by atoms with Gasteiger partial charge in [0.15, 0.2) is 0 Å². The van der Waals surface area contributed by atoms with Crippen LogP contribution in [0, 0.1) is 6.92 Å². The van der Waals surface area contributed by atoms with E-state index in [-0.39, 0.29) is 0 Å². The molecule has 0 bridgehead atoms. The monoisotopic (exact) mass is 335 g/mol. The van der Waals surface area contributed by atoms with Gasteiger partial charge in [0.1, 0.15) is 0 Å². The first-order valence-electron chi connectivity index (χ1n) is 9.22. The van der Waals surface area contributed by atoms with Crippen LogP contribution in [0.15, 0.2) is 97.1 Å². The number of benzene rings is 3. The zero-order valence-corrected chi connectivity index (χ0v) is 14.8. The van der Waals surface area contributed by atoms with Gasteiger partial charge in [0, 0.05) is 17.3 Å². The van der Waals surface area contributed by atoms with Crippen LogP contribution in [0.1, 0.15) is 22.6 Å². The van der Waals surface area contributed by atoms with Gasteiger partial charge in [-0.2, -0.15) is 0 Å². The Morgan fingerprint density at radius 3 is 2.35 bits per heavy atom. The summed E-state index contributed by atoms with van der Waals surface area (Å²) in [6.07, 6.45) is 6.87. The van der Waals surface area contributed by atoms with Crippen LogP contribution < -0.4 is 4.90 Å². The van der Waals surface area contributed by atoms with Crippen LogP contribution >= 0.6 is 0 Å². The van der Waals surface area contributed by atoms with Crippen molar-refractivity contribution in [2.75, 3.05) is 4.90 Å². The van der Waals surface area contributed by atoms with E-state index in [1.54, 1.807) is 0 Å². The van der Waals surface area contributed by atoms with Crippen molar-refractivity contribution in [1.29, 1.82) is 0 Å². The maximum atomic E-state index is 2.49. The molecule has 0 N–H and O–H groups in total. The molecular formula is C25H21N. The van der Waals surface area contributed by atoms with Crippen LogP contribution in [0.3, 0.4) is 0 Å². The van der Waals surface area contributed by atoms with Gasteiger partial charge in [-0.25, -0.2) is 0 Å². The molecule has 3 aromatic rings. The molecule has 5 rings (SSSR count). The maximum Gasteiger partial charge on any atom is 0.0635 e. The van der Waals surface area contributed by atoms with E-state index in [1.165, 1.54) is 33.6 Å². The lowest BCUT2D eigenvalue weighted by atomic mass is 9.79. The number of hydrogen-bond donors (Lipinski definition) is 0. The van der Waals surface area contributed by atoms with E-state index in [0.29, 0.717) is 12.0 Å². The molecule has 2 atom stereocenters. The Morgan fingerprint density at radius 1 is 0.769 bits per heavy atom. The van der Waals surface area contributed by atoms with Gasteiger partial charge in [0.2, 0.25) is 0 Å². The maximum absolute atomic E-state index is 2.49. The predicted octanol–water partition coefficient (Wildman–Crippen LogP) is 6.25. The average Bonchev–Trinajstić information content (AvgIpc) is 3.04. The second-order valence-electron chi connectivity index (χ2n) is 7.05. The highest BCUT2D eigenvalue weighted by Crippen LogP contribution is 2.52. The molecule has 0 amide bonds. The minimum absolute atomic E-state index is 0.314. The van der Waals surface area contributed by atoms with E-state index in [0.717, 1.165) is 0 Å². The van der Waals surface area contributed by atoms with Gasteiger partial charge < -0.3 is 4.90 Å². The number of para-hydroxylation sites is 2. The molecule has 2 unspecified atom stereocenters. The van der Waals surface area contributed by atoms with Crippen LogP contribution in [0.4, 0.5) is 11.4 Å². The summed E-state index contributed by atoms with van der Waals surface area (Å²) in [5, 5.41) is 0. The summed E-state index contributed by atoms with van der Waals surface area (Å²) in [4.78, 5) is 2.49. The third-order valence-corrected chi connectivity index (χ3v) is 5.58. The first-order chi connectivity index (χ1) is 12.8. The van der Waals surface area contributed by atoms with Crippen molar-refractivity contribution in [2.45, 2.75) is 18.9 Å². The molecule has 0 spiro atoms. The Morgan fingerprint density at radius 2 is 1.50 bits per heavy atom. The molecule has 1 aliphatic heterocycles. The topological polar surface area (TPSA) is 3.24 Å². The molecule has 3 aromatic carbocycles. The van der Waals surface area contributed by atoms with Crippen molar-refractivity contribution in [1.82, 2.24) is 0 Å². The summed E-state index contributed by atoms with van der Waals surface area (Å²) < 4.78 is 0. The van der Waals surface area contributed by atoms with E-state index >= 15 is 0 Å². The smallest absolute Gasteiger partial charge is 0.0635 e. The standard InChI is InChI=1S/C25H21N/c1-18-10-5-6-13-20(18)21-15-9-17-24-25(21)22-14-7-8-16-23(22)26(24)19-11-3-2-4-12-19/h2-17,24-25H,1H3. The quantitative estimate of drug-likeness (QED) is 0.535. The fourth-order valence-electron chi connectivity index (χ4n) is 4.44. The first-order valence-corrected chi connectivity index (χ1v) is 9.22. The fourth-order valence-corrected chi connectivity index (χ4v) is 4.44. The summed E-state index contributed by atoms with van der Waals surface area (Å²) >= 11 is 0. The van der Waals surface area contributed by atoms with Crippen molar-refractivity contribution in [3.05, 3.63) is 114 Å². The zero-order chi connectivity index (χ0) is 17.5. The van der Waals surface area contributed by atoms with Crippen molar-refractivity contribution in [3.8, 4) is 0 Å². The predicted molar refractivity (Wildman–Crippen MR) is 110 cm³/mol. The van der Waals surface area contributed by atoms with Crippen molar-refractivity contribution >= 4 is 16.9 Å². The van der Waals surface area contributed by atoms with Crippen LogP contribution in [0.25, 0.3) is 5.57 Å². The van der Waals surface area contributed by atoms with Gasteiger partial charge in [0.25, 0.3) is 0 Å². The molecule has 1 heterocycles. The molecule has 0 saturated heterocycles. The molecule has 1 aliphatic carbocycles. The van der Waals surface area contributed by atoms with E-state index in [1.807, 2.05) is 0 Å². The first kappa shape index (κ1) is 15.2. The molecule has 0 aromatic heterocycles. The summed E-state index contributed by atoms with van der Waals surface area (Å²) in [5.41, 5.74) is 8.10. The molecule has 0 saturated carbocycles. The van der Waals surface area contributed by atoms with Crippen LogP contribution in [0.2, 0.25) is 0 Å². The number of nitrogens with zero attached hydrogens (tertiary/aromatic N) is 1. The normalized spacial score (nSPS) is 20.5. The summed E-state index contributed by atoms with van der Waals surface area (Å²) in [6, 6.07) is 28.6. The molecule has 126 valence electrons. The third kappa shape index (κ3) is 2.24. The summed E-state index contributed by atoms with van der Waals surface area (Å²) in [7, 11) is 0. The van der Waals surface area contributed by atoms with E-state index in [4.69, 9.17) is 0 Å². The molecule has 0 fully saturated rings. The number of anilines is 2. The molecule has 1 nitrogen and oxygen atoms in total. The van der Waals surface area contributed by atoms with Gasteiger partial charge in [-0.1, -0.05) is 78.9 Å². The highest BCUT2D eigenvalue weighted by Gasteiger charge is 2.41. The lowest BCUT2D eigenvalue weighted by Crippen LogP contribution is -2.30. The molecule has 1 heteroatoms. The zero-order valence-electron chi connectivity index (χ0n) is 14.8. The third-order valence-electron chi connectivity index (χ3n) is 5.58. The Labute approximate surface area is 154 Å². The molecule has 2 aliphatic rings. The summed E-state index contributed by atoms with van der Waals surface area (Å²) in [6.45, 7) is 2.21. The minimum Gasteiger partial charge on any atom is -0.333 e. The van der Waals surface area contributed by atoms with Crippen molar-refractivity contribution < 1.29 is 0 Å². The van der Waals surface area contributed by atoms with Crippen LogP contribution in [0.5, 0.6) is 0 Å². The molecular weight excluding hydrogens is 314 g/mol. The fraction of sp³-hybridized carbons (Fsp3) is 0.120. The van der Waals surface area contributed by atoms with E-state index in [9.17, 15) is 0 Å². The number of fused-ring (bicyclic) bond motifs is 3. The largest absolute Gasteiger partial charge is 0.333 e. The summed E-state index contributed by atoms with van der Waals surface area (Å²) in [5.74, 6) is 0.359. The number of aryl methyl sites for hydroxylation is 1. The van der Waals surface area contributed by atoms with Crippen LogP contribution in [-0.2, 0) is 0 Å². The van der Waals surface area contributed by atoms with Gasteiger partial charge in [-0.15, -0.1) is 0 Å². The highest BCUT2D eigenvalue weighted by molar-refractivity contribution is 5.86. The lowest BCUT2D eigenvalue weighted by molar-refractivity contribution is 0.758. The van der Waals surface area contributed by atoms with Crippen molar-refractivity contribution in [2.24, 2.45) is 0 Å². The average molecular weight is 335 g/mol. The number of hydrogen-bond acceptors (Lipinski definition) is 1. The van der Waals surface area contributed by atoms with E-state index in [2.05, 4.69) is 109 Å². The Bertz CT molecular complexity index is 1010. The Hall–Kier alpha value is -3.06. The number of rotatable bonds is 2. The second-order valence-corrected chi connectivity index (χ2v) is 7.05. The van der Waals surface area contributed by atoms with Crippen molar-refractivity contribution in [3.63, 3.8) is 0 Å².